The van der Waals surface area contributed by atoms with Crippen LogP contribution in [0.2, 0.25) is 0 Å². The van der Waals surface area contributed by atoms with Crippen LogP contribution < -0.4 is 0 Å². The molecule has 1 aliphatic rings. The minimum absolute atomic E-state index is 0.00509. The number of carboxylic acids is 2. The van der Waals surface area contributed by atoms with Crippen molar-refractivity contribution in [2.24, 2.45) is 5.41 Å². The van der Waals surface area contributed by atoms with Gasteiger partial charge >= 0.3 is 11.9 Å². The van der Waals surface area contributed by atoms with Crippen molar-refractivity contribution in [3.05, 3.63) is 0 Å². The molecule has 1 rings (SSSR count). The first-order valence-corrected chi connectivity index (χ1v) is 4.49. The van der Waals surface area contributed by atoms with Gasteiger partial charge in [0, 0.05) is 0 Å². The molecule has 0 aromatic heterocycles. The molecule has 0 atom stereocenters. The average molecular weight is 202 g/mol. The molecule has 3 N–H and O–H groups in total. The van der Waals surface area contributed by atoms with Gasteiger partial charge in [-0.1, -0.05) is 0 Å². The zero-order valence-electron chi connectivity index (χ0n) is 7.99. The molecule has 0 aliphatic heterocycles. The van der Waals surface area contributed by atoms with Gasteiger partial charge in [0.15, 0.2) is 5.60 Å². The fourth-order valence-corrected chi connectivity index (χ4v) is 1.64. The number of rotatable bonds is 2. The van der Waals surface area contributed by atoms with E-state index in [0.717, 1.165) is 0 Å². The van der Waals surface area contributed by atoms with Gasteiger partial charge in [-0.2, -0.15) is 0 Å². The van der Waals surface area contributed by atoms with E-state index in [1.165, 1.54) is 0 Å². The molecular weight excluding hydrogens is 188 g/mol. The summed E-state index contributed by atoms with van der Waals surface area (Å²) in [7, 11) is 0. The van der Waals surface area contributed by atoms with Crippen molar-refractivity contribution in [2.75, 3.05) is 0 Å². The molecule has 0 unspecified atom stereocenters. The first-order valence-electron chi connectivity index (χ1n) is 4.49. The van der Waals surface area contributed by atoms with Gasteiger partial charge in [-0.3, -0.25) is 4.79 Å². The summed E-state index contributed by atoms with van der Waals surface area (Å²) in [6.07, 6.45) is 0.409. The van der Waals surface area contributed by atoms with Crippen molar-refractivity contribution >= 4 is 11.9 Å². The minimum atomic E-state index is -1.73. The molecule has 0 heterocycles. The second kappa shape index (κ2) is 3.24. The van der Waals surface area contributed by atoms with E-state index in [1.54, 1.807) is 6.92 Å². The summed E-state index contributed by atoms with van der Waals surface area (Å²) in [5, 5.41) is 27.2. The van der Waals surface area contributed by atoms with E-state index in [9.17, 15) is 14.7 Å². The van der Waals surface area contributed by atoms with Crippen molar-refractivity contribution in [1.82, 2.24) is 0 Å². The molecule has 80 valence electrons. The lowest BCUT2D eigenvalue weighted by molar-refractivity contribution is -0.169. The maximum Gasteiger partial charge on any atom is 0.335 e. The Kier molecular flexibility index (Phi) is 2.54. The Morgan fingerprint density at radius 1 is 1.00 bits per heavy atom. The SMILES string of the molecule is CC1(C(=O)O)CCC(O)(C(=O)O)CC1. The quantitative estimate of drug-likeness (QED) is 0.605. The van der Waals surface area contributed by atoms with Crippen LogP contribution in [0.4, 0.5) is 0 Å². The van der Waals surface area contributed by atoms with Crippen LogP contribution in [0.5, 0.6) is 0 Å². The number of carboxylic acid groups (broad SMARTS) is 2. The lowest BCUT2D eigenvalue weighted by Gasteiger charge is -2.36. The van der Waals surface area contributed by atoms with Crippen LogP contribution >= 0.6 is 0 Å². The lowest BCUT2D eigenvalue weighted by Crippen LogP contribution is -2.46. The normalized spacial score (nSPS) is 37.9. The van der Waals surface area contributed by atoms with E-state index in [0.29, 0.717) is 0 Å². The maximum absolute atomic E-state index is 10.8. The summed E-state index contributed by atoms with van der Waals surface area (Å²) in [6.45, 7) is 1.58. The fraction of sp³-hybridized carbons (Fsp3) is 0.778. The molecule has 1 aliphatic carbocycles. The smallest absolute Gasteiger partial charge is 0.335 e. The van der Waals surface area contributed by atoms with E-state index in [2.05, 4.69) is 0 Å². The van der Waals surface area contributed by atoms with Crippen molar-refractivity contribution in [3.8, 4) is 0 Å². The van der Waals surface area contributed by atoms with Crippen molar-refractivity contribution in [1.29, 1.82) is 0 Å². The van der Waals surface area contributed by atoms with Gasteiger partial charge in [-0.15, -0.1) is 0 Å². The Labute approximate surface area is 81.4 Å². The summed E-state index contributed by atoms with van der Waals surface area (Å²) >= 11 is 0. The molecule has 0 aromatic rings. The Balaban J connectivity index is 2.71. The molecule has 0 saturated heterocycles. The third kappa shape index (κ3) is 1.72. The highest BCUT2D eigenvalue weighted by Gasteiger charge is 2.47. The average Bonchev–Trinajstić information content (AvgIpc) is 2.10. The van der Waals surface area contributed by atoms with Gasteiger partial charge in [-0.05, 0) is 32.6 Å². The van der Waals surface area contributed by atoms with Crippen LogP contribution in [-0.2, 0) is 9.59 Å². The topological polar surface area (TPSA) is 94.8 Å². The van der Waals surface area contributed by atoms with Crippen LogP contribution in [0.3, 0.4) is 0 Å². The third-order valence-electron chi connectivity index (χ3n) is 3.10. The summed E-state index contributed by atoms with van der Waals surface area (Å²) < 4.78 is 0. The second-order valence-electron chi connectivity index (χ2n) is 4.20. The van der Waals surface area contributed by atoms with Crippen molar-refractivity contribution < 1.29 is 24.9 Å². The highest BCUT2D eigenvalue weighted by molar-refractivity contribution is 5.79. The van der Waals surface area contributed by atoms with E-state index >= 15 is 0 Å². The monoisotopic (exact) mass is 202 g/mol. The molecule has 5 nitrogen and oxygen atoms in total. The predicted molar refractivity (Wildman–Crippen MR) is 46.8 cm³/mol. The molecule has 0 spiro atoms. The molecule has 0 amide bonds. The molecule has 5 heteroatoms. The molecular formula is C9H14O5. The van der Waals surface area contributed by atoms with Crippen molar-refractivity contribution in [2.45, 2.75) is 38.2 Å². The van der Waals surface area contributed by atoms with Gasteiger partial charge in [0.1, 0.15) is 0 Å². The van der Waals surface area contributed by atoms with Crippen LogP contribution in [0.15, 0.2) is 0 Å². The lowest BCUT2D eigenvalue weighted by atomic mass is 9.70. The molecule has 0 aromatic carbocycles. The summed E-state index contributed by atoms with van der Waals surface area (Å²) in [6, 6.07) is 0. The Morgan fingerprint density at radius 2 is 1.43 bits per heavy atom. The number of carbonyl (C=O) groups is 2. The molecule has 0 radical (unpaired) electrons. The maximum atomic E-state index is 10.8. The summed E-state index contributed by atoms with van der Waals surface area (Å²) in [5.74, 6) is -2.19. The number of hydrogen-bond acceptors (Lipinski definition) is 3. The van der Waals surface area contributed by atoms with E-state index in [-0.39, 0.29) is 25.7 Å². The Hall–Kier alpha value is -1.10. The molecule has 14 heavy (non-hydrogen) atoms. The predicted octanol–water partition coefficient (Wildman–Crippen LogP) is 0.467. The van der Waals surface area contributed by atoms with E-state index in [4.69, 9.17) is 10.2 Å². The Morgan fingerprint density at radius 3 is 1.71 bits per heavy atom. The van der Waals surface area contributed by atoms with Crippen LogP contribution in [0.25, 0.3) is 0 Å². The summed E-state index contributed by atoms with van der Waals surface area (Å²) in [4.78, 5) is 21.5. The van der Waals surface area contributed by atoms with Crippen LogP contribution in [0, 0.1) is 5.41 Å². The summed E-state index contributed by atoms with van der Waals surface area (Å²) in [5.41, 5.74) is -2.61. The van der Waals surface area contributed by atoms with Gasteiger partial charge in [-0.25, -0.2) is 4.79 Å². The highest BCUT2D eigenvalue weighted by atomic mass is 16.4. The first-order chi connectivity index (χ1) is 6.30. The van der Waals surface area contributed by atoms with Crippen molar-refractivity contribution in [3.63, 3.8) is 0 Å². The second-order valence-corrected chi connectivity index (χ2v) is 4.20. The molecule has 1 fully saturated rings. The van der Waals surface area contributed by atoms with Gasteiger partial charge in [0.2, 0.25) is 0 Å². The van der Waals surface area contributed by atoms with Crippen LogP contribution in [0.1, 0.15) is 32.6 Å². The number of aliphatic hydroxyl groups is 1. The Bertz CT molecular complexity index is 234. The zero-order valence-corrected chi connectivity index (χ0v) is 7.99. The van der Waals surface area contributed by atoms with Crippen LogP contribution in [-0.4, -0.2) is 32.9 Å². The molecule has 0 bridgehead atoms. The minimum Gasteiger partial charge on any atom is -0.481 e. The van der Waals surface area contributed by atoms with E-state index in [1.807, 2.05) is 0 Å². The van der Waals surface area contributed by atoms with Gasteiger partial charge in [0.05, 0.1) is 5.41 Å². The van der Waals surface area contributed by atoms with Gasteiger partial charge in [0.25, 0.3) is 0 Å². The largest absolute Gasteiger partial charge is 0.481 e. The highest BCUT2D eigenvalue weighted by Crippen LogP contribution is 2.40. The standard InChI is InChI=1S/C9H14O5/c1-8(6(10)11)2-4-9(14,5-3-8)7(12)13/h14H,2-5H2,1H3,(H,10,11)(H,12,13). The number of aliphatic carboxylic acids is 2. The third-order valence-corrected chi connectivity index (χ3v) is 3.10. The zero-order chi connectivity index (χ0) is 11.0. The number of hydrogen-bond donors (Lipinski definition) is 3. The van der Waals surface area contributed by atoms with E-state index < -0.39 is 23.0 Å². The molecule has 1 saturated carbocycles. The first kappa shape index (κ1) is 11.0. The fourth-order valence-electron chi connectivity index (χ4n) is 1.64. The van der Waals surface area contributed by atoms with Gasteiger partial charge < -0.3 is 15.3 Å².